The quantitative estimate of drug-likeness (QED) is 0.754. The molecule has 4 heteroatoms. The summed E-state index contributed by atoms with van der Waals surface area (Å²) < 4.78 is 1.18. The summed E-state index contributed by atoms with van der Waals surface area (Å²) in [6.45, 7) is 3.70. The summed E-state index contributed by atoms with van der Waals surface area (Å²) in [5.74, 6) is 0.711. The topological polar surface area (TPSA) is 20.3 Å². The molecule has 3 rings (SSSR count). The van der Waals surface area contributed by atoms with Gasteiger partial charge in [-0.2, -0.15) is 0 Å². The number of carbonyl (C=O) groups excluding carboxylic acids is 1. The Morgan fingerprint density at radius 1 is 1.35 bits per heavy atom. The molecule has 1 aliphatic rings. The molecule has 1 saturated heterocycles. The molecule has 2 nitrogen and oxygen atoms in total. The Labute approximate surface area is 128 Å². The van der Waals surface area contributed by atoms with Crippen molar-refractivity contribution in [1.29, 1.82) is 0 Å². The third-order valence-electron chi connectivity index (χ3n) is 4.19. The summed E-state index contributed by atoms with van der Waals surface area (Å²) in [5.41, 5.74) is 0.850. The number of alkyl halides is 1. The summed E-state index contributed by atoms with van der Waals surface area (Å²) in [4.78, 5) is 14.6. The highest BCUT2D eigenvalue weighted by Gasteiger charge is 2.27. The first-order valence-corrected chi connectivity index (χ1v) is 8.38. The van der Waals surface area contributed by atoms with Crippen LogP contribution in [-0.4, -0.2) is 29.3 Å². The number of rotatable bonds is 2. The molecule has 2 aromatic rings. The van der Waals surface area contributed by atoms with Gasteiger partial charge in [-0.25, -0.2) is 0 Å². The lowest BCUT2D eigenvalue weighted by molar-refractivity contribution is 0.0692. The molecule has 20 heavy (non-hydrogen) atoms. The van der Waals surface area contributed by atoms with Gasteiger partial charge in [0, 0.05) is 33.9 Å². The van der Waals surface area contributed by atoms with E-state index in [2.05, 4.69) is 13.0 Å². The zero-order valence-corrected chi connectivity index (χ0v) is 13.1. The molecule has 1 aromatic heterocycles. The van der Waals surface area contributed by atoms with E-state index in [1.165, 1.54) is 4.70 Å². The SMILES string of the molecule is CC(Cl)C1CCN(C(=O)c2csc3ccccc23)CC1. The molecule has 0 aliphatic carbocycles. The second-order valence-electron chi connectivity index (χ2n) is 5.45. The van der Waals surface area contributed by atoms with Gasteiger partial charge in [0.15, 0.2) is 0 Å². The molecule has 1 unspecified atom stereocenters. The molecule has 1 aromatic carbocycles. The standard InChI is InChI=1S/C16H18ClNOS/c1-11(17)12-6-8-18(9-7-12)16(19)14-10-20-15-5-3-2-4-13(14)15/h2-5,10-12H,6-9H2,1H3. The monoisotopic (exact) mass is 307 g/mol. The van der Waals surface area contributed by atoms with Crippen molar-refractivity contribution >= 4 is 38.9 Å². The minimum atomic E-state index is 0.170. The number of thiophene rings is 1. The highest BCUT2D eigenvalue weighted by molar-refractivity contribution is 7.17. The highest BCUT2D eigenvalue weighted by atomic mass is 35.5. The van der Waals surface area contributed by atoms with Crippen molar-refractivity contribution < 1.29 is 4.79 Å². The molecule has 1 atom stereocenters. The average molecular weight is 308 g/mol. The van der Waals surface area contributed by atoms with Crippen LogP contribution in [0.5, 0.6) is 0 Å². The number of nitrogens with zero attached hydrogens (tertiary/aromatic N) is 1. The molecular weight excluding hydrogens is 290 g/mol. The van der Waals surface area contributed by atoms with Gasteiger partial charge < -0.3 is 4.90 Å². The van der Waals surface area contributed by atoms with Gasteiger partial charge in [-0.3, -0.25) is 4.79 Å². The number of halogens is 1. The van der Waals surface area contributed by atoms with Crippen LogP contribution in [0, 0.1) is 5.92 Å². The minimum absolute atomic E-state index is 0.170. The van der Waals surface area contributed by atoms with E-state index in [0.29, 0.717) is 5.92 Å². The maximum atomic E-state index is 12.7. The second-order valence-corrected chi connectivity index (χ2v) is 7.05. The van der Waals surface area contributed by atoms with Crippen LogP contribution >= 0.6 is 22.9 Å². The summed E-state index contributed by atoms with van der Waals surface area (Å²) >= 11 is 7.80. The Hall–Kier alpha value is -1.06. The average Bonchev–Trinajstić information content (AvgIpc) is 2.90. The number of fused-ring (bicyclic) bond motifs is 1. The van der Waals surface area contributed by atoms with Gasteiger partial charge in [0.2, 0.25) is 0 Å². The molecule has 1 amide bonds. The summed E-state index contributed by atoms with van der Waals surface area (Å²) in [7, 11) is 0. The molecule has 0 N–H and O–H groups in total. The first-order chi connectivity index (χ1) is 9.66. The van der Waals surface area contributed by atoms with Crippen LogP contribution in [-0.2, 0) is 0 Å². The zero-order valence-electron chi connectivity index (χ0n) is 11.5. The Morgan fingerprint density at radius 3 is 2.75 bits per heavy atom. The molecule has 0 saturated carbocycles. The molecule has 0 radical (unpaired) electrons. The fourth-order valence-electron chi connectivity index (χ4n) is 2.88. The Bertz CT molecular complexity index is 614. The Balaban J connectivity index is 1.77. The molecule has 0 spiro atoms. The van der Waals surface area contributed by atoms with Crippen molar-refractivity contribution in [3.8, 4) is 0 Å². The number of benzene rings is 1. The second kappa shape index (κ2) is 5.74. The van der Waals surface area contributed by atoms with Crippen LogP contribution in [0.15, 0.2) is 29.6 Å². The Kier molecular flexibility index (Phi) is 3.99. The van der Waals surface area contributed by atoms with Crippen LogP contribution in [0.2, 0.25) is 0 Å². The lowest BCUT2D eigenvalue weighted by atomic mass is 9.93. The smallest absolute Gasteiger partial charge is 0.255 e. The third kappa shape index (κ3) is 2.57. The maximum absolute atomic E-state index is 12.7. The predicted molar refractivity (Wildman–Crippen MR) is 85.8 cm³/mol. The molecular formula is C16H18ClNOS. The van der Waals surface area contributed by atoms with Gasteiger partial charge in [-0.05, 0) is 31.7 Å². The maximum Gasteiger partial charge on any atom is 0.255 e. The minimum Gasteiger partial charge on any atom is -0.339 e. The van der Waals surface area contributed by atoms with Crippen molar-refractivity contribution in [1.82, 2.24) is 4.90 Å². The van der Waals surface area contributed by atoms with Gasteiger partial charge >= 0.3 is 0 Å². The van der Waals surface area contributed by atoms with Gasteiger partial charge in [0.25, 0.3) is 5.91 Å². The molecule has 1 fully saturated rings. The van der Waals surface area contributed by atoms with Crippen molar-refractivity contribution in [2.75, 3.05) is 13.1 Å². The summed E-state index contributed by atoms with van der Waals surface area (Å²) in [5, 5.41) is 3.27. The summed E-state index contributed by atoms with van der Waals surface area (Å²) in [6.07, 6.45) is 2.02. The highest BCUT2D eigenvalue weighted by Crippen LogP contribution is 2.29. The normalized spacial score (nSPS) is 18.4. The van der Waals surface area contributed by atoms with E-state index in [1.54, 1.807) is 11.3 Å². The number of hydrogen-bond acceptors (Lipinski definition) is 2. The zero-order chi connectivity index (χ0) is 14.1. The number of carbonyl (C=O) groups is 1. The Morgan fingerprint density at radius 2 is 2.05 bits per heavy atom. The molecule has 2 heterocycles. The third-order valence-corrected chi connectivity index (χ3v) is 5.51. The van der Waals surface area contributed by atoms with Crippen LogP contribution < -0.4 is 0 Å². The first-order valence-electron chi connectivity index (χ1n) is 7.06. The van der Waals surface area contributed by atoms with Crippen molar-refractivity contribution in [2.45, 2.75) is 25.1 Å². The fourth-order valence-corrected chi connectivity index (χ4v) is 4.06. The number of hydrogen-bond donors (Lipinski definition) is 0. The summed E-state index contributed by atoms with van der Waals surface area (Å²) in [6, 6.07) is 8.11. The molecule has 0 bridgehead atoms. The van der Waals surface area contributed by atoms with E-state index in [4.69, 9.17) is 11.6 Å². The number of piperidine rings is 1. The van der Waals surface area contributed by atoms with Gasteiger partial charge in [0.1, 0.15) is 0 Å². The van der Waals surface area contributed by atoms with E-state index < -0.39 is 0 Å². The van der Waals surface area contributed by atoms with Crippen LogP contribution in [0.1, 0.15) is 30.1 Å². The number of amides is 1. The largest absolute Gasteiger partial charge is 0.339 e. The van der Waals surface area contributed by atoms with Gasteiger partial charge in [-0.15, -0.1) is 22.9 Å². The fraction of sp³-hybridized carbons (Fsp3) is 0.438. The lowest BCUT2D eigenvalue weighted by Crippen LogP contribution is -2.39. The predicted octanol–water partition coefficient (Wildman–Crippen LogP) is 4.38. The van der Waals surface area contributed by atoms with Gasteiger partial charge in [0.05, 0.1) is 5.56 Å². The van der Waals surface area contributed by atoms with Crippen LogP contribution in [0.4, 0.5) is 0 Å². The van der Waals surface area contributed by atoms with E-state index in [-0.39, 0.29) is 11.3 Å². The number of likely N-dealkylation sites (tertiary alicyclic amines) is 1. The van der Waals surface area contributed by atoms with Crippen molar-refractivity contribution in [2.24, 2.45) is 5.92 Å². The first kappa shape index (κ1) is 13.9. The van der Waals surface area contributed by atoms with E-state index in [0.717, 1.165) is 36.9 Å². The van der Waals surface area contributed by atoms with Crippen LogP contribution in [0.3, 0.4) is 0 Å². The molecule has 1 aliphatic heterocycles. The van der Waals surface area contributed by atoms with E-state index in [9.17, 15) is 4.79 Å². The van der Waals surface area contributed by atoms with E-state index >= 15 is 0 Å². The van der Waals surface area contributed by atoms with E-state index in [1.807, 2.05) is 28.5 Å². The van der Waals surface area contributed by atoms with Crippen molar-refractivity contribution in [3.63, 3.8) is 0 Å². The van der Waals surface area contributed by atoms with Gasteiger partial charge in [-0.1, -0.05) is 18.2 Å². The van der Waals surface area contributed by atoms with Crippen LogP contribution in [0.25, 0.3) is 10.1 Å². The van der Waals surface area contributed by atoms with Crippen molar-refractivity contribution in [3.05, 3.63) is 35.2 Å². The molecule has 106 valence electrons. The lowest BCUT2D eigenvalue weighted by Gasteiger charge is -2.33.